The van der Waals surface area contributed by atoms with Crippen molar-refractivity contribution in [2.75, 3.05) is 13.2 Å². The SMILES string of the molecule is CC(C)[C@@H](CC(=O)NCC1(C(=O)O)CC1)NC(=O)OCC1c2ccccc2-c2ccccc21. The van der Waals surface area contributed by atoms with Crippen molar-refractivity contribution in [3.05, 3.63) is 59.7 Å². The van der Waals surface area contributed by atoms with Gasteiger partial charge in [-0.05, 0) is 41.0 Å². The van der Waals surface area contributed by atoms with Crippen LogP contribution in [0.25, 0.3) is 11.1 Å². The average Bonchev–Trinajstić information content (AvgIpc) is 3.53. The largest absolute Gasteiger partial charge is 0.481 e. The molecule has 2 aromatic rings. The minimum atomic E-state index is -0.875. The summed E-state index contributed by atoms with van der Waals surface area (Å²) >= 11 is 0. The van der Waals surface area contributed by atoms with Crippen LogP contribution in [0.2, 0.25) is 0 Å². The Balaban J connectivity index is 1.32. The van der Waals surface area contributed by atoms with Crippen LogP contribution in [0.5, 0.6) is 0 Å². The Kier molecular flexibility index (Phi) is 6.40. The second kappa shape index (κ2) is 9.25. The smallest absolute Gasteiger partial charge is 0.407 e. The topological polar surface area (TPSA) is 105 Å². The van der Waals surface area contributed by atoms with Gasteiger partial charge in [0, 0.05) is 24.9 Å². The highest BCUT2D eigenvalue weighted by molar-refractivity contribution is 5.82. The number of carbonyl (C=O) groups is 3. The summed E-state index contributed by atoms with van der Waals surface area (Å²) in [6.07, 6.45) is 0.660. The lowest BCUT2D eigenvalue weighted by molar-refractivity contribution is -0.143. The number of fused-ring (bicyclic) bond motifs is 3. The van der Waals surface area contributed by atoms with Crippen LogP contribution in [0.15, 0.2) is 48.5 Å². The Bertz CT molecular complexity index is 1010. The molecular weight excluding hydrogens is 420 g/mol. The molecule has 2 aliphatic carbocycles. The zero-order chi connectivity index (χ0) is 23.6. The van der Waals surface area contributed by atoms with E-state index >= 15 is 0 Å². The van der Waals surface area contributed by atoms with Crippen LogP contribution in [0.3, 0.4) is 0 Å². The zero-order valence-electron chi connectivity index (χ0n) is 19.0. The molecule has 1 saturated carbocycles. The summed E-state index contributed by atoms with van der Waals surface area (Å²) < 4.78 is 5.60. The van der Waals surface area contributed by atoms with Gasteiger partial charge in [0.15, 0.2) is 0 Å². The summed E-state index contributed by atoms with van der Waals surface area (Å²) in [6, 6.07) is 15.9. The van der Waals surface area contributed by atoms with E-state index in [0.29, 0.717) is 12.8 Å². The third-order valence-electron chi connectivity index (χ3n) is 6.79. The van der Waals surface area contributed by atoms with Crippen molar-refractivity contribution in [2.45, 2.75) is 45.1 Å². The van der Waals surface area contributed by atoms with Crippen LogP contribution >= 0.6 is 0 Å². The van der Waals surface area contributed by atoms with Gasteiger partial charge in [-0.15, -0.1) is 0 Å². The van der Waals surface area contributed by atoms with E-state index < -0.39 is 23.5 Å². The molecule has 7 nitrogen and oxygen atoms in total. The monoisotopic (exact) mass is 450 g/mol. The molecule has 2 aromatic carbocycles. The number of rotatable bonds is 9. The number of carboxylic acids is 1. The molecule has 1 atom stereocenters. The van der Waals surface area contributed by atoms with Gasteiger partial charge in [-0.25, -0.2) is 4.79 Å². The van der Waals surface area contributed by atoms with E-state index in [1.165, 1.54) is 0 Å². The van der Waals surface area contributed by atoms with Gasteiger partial charge in [-0.1, -0.05) is 62.4 Å². The average molecular weight is 451 g/mol. The van der Waals surface area contributed by atoms with Crippen molar-refractivity contribution in [3.63, 3.8) is 0 Å². The molecule has 7 heteroatoms. The number of hydrogen-bond acceptors (Lipinski definition) is 4. The number of benzene rings is 2. The molecule has 1 fully saturated rings. The maximum absolute atomic E-state index is 12.6. The highest BCUT2D eigenvalue weighted by Crippen LogP contribution is 2.45. The zero-order valence-corrected chi connectivity index (χ0v) is 19.0. The molecule has 174 valence electrons. The Morgan fingerprint density at radius 2 is 1.61 bits per heavy atom. The van der Waals surface area contributed by atoms with Gasteiger partial charge in [-0.3, -0.25) is 9.59 Å². The van der Waals surface area contributed by atoms with Crippen LogP contribution in [-0.4, -0.2) is 42.3 Å². The second-order valence-electron chi connectivity index (χ2n) is 9.39. The number of nitrogens with one attached hydrogen (secondary N) is 2. The van der Waals surface area contributed by atoms with Gasteiger partial charge in [0.05, 0.1) is 5.41 Å². The van der Waals surface area contributed by atoms with E-state index in [2.05, 4.69) is 34.9 Å². The van der Waals surface area contributed by atoms with Gasteiger partial charge in [0.1, 0.15) is 6.61 Å². The fourth-order valence-electron chi connectivity index (χ4n) is 4.40. The third-order valence-corrected chi connectivity index (χ3v) is 6.79. The molecule has 0 spiro atoms. The standard InChI is InChI=1S/C26H30N2O5/c1-16(2)22(13-23(29)27-15-26(11-12-26)24(30)31)28-25(32)33-14-21-19-9-5-3-7-17(19)18-8-4-6-10-20(18)21/h3-10,16,21-22H,11-15H2,1-2H3,(H,27,29)(H,28,32)(H,30,31)/t22-/m1/s1. The lowest BCUT2D eigenvalue weighted by Crippen LogP contribution is -2.44. The molecule has 0 saturated heterocycles. The van der Waals surface area contributed by atoms with Crippen molar-refractivity contribution in [3.8, 4) is 11.1 Å². The Labute approximate surface area is 193 Å². The molecule has 0 aromatic heterocycles. The first kappa shape index (κ1) is 22.8. The molecule has 2 aliphatic rings. The molecule has 0 heterocycles. The maximum atomic E-state index is 12.6. The molecule has 3 N–H and O–H groups in total. The molecular formula is C26H30N2O5. The first-order valence-corrected chi connectivity index (χ1v) is 11.4. The van der Waals surface area contributed by atoms with Crippen molar-refractivity contribution in [1.29, 1.82) is 0 Å². The number of alkyl carbamates (subject to hydrolysis) is 1. The Morgan fingerprint density at radius 3 is 2.12 bits per heavy atom. The Hall–Kier alpha value is -3.35. The van der Waals surface area contributed by atoms with Gasteiger partial charge >= 0.3 is 12.1 Å². The summed E-state index contributed by atoms with van der Waals surface area (Å²) in [7, 11) is 0. The summed E-state index contributed by atoms with van der Waals surface area (Å²) in [4.78, 5) is 36.3. The van der Waals surface area contributed by atoms with Crippen molar-refractivity contribution in [1.82, 2.24) is 10.6 Å². The van der Waals surface area contributed by atoms with Crippen LogP contribution < -0.4 is 10.6 Å². The predicted molar refractivity (Wildman–Crippen MR) is 124 cm³/mol. The Morgan fingerprint density at radius 1 is 1.03 bits per heavy atom. The number of carbonyl (C=O) groups excluding carboxylic acids is 2. The highest BCUT2D eigenvalue weighted by atomic mass is 16.5. The summed E-state index contributed by atoms with van der Waals surface area (Å²) in [6.45, 7) is 4.16. The quantitative estimate of drug-likeness (QED) is 0.537. The van der Waals surface area contributed by atoms with E-state index in [-0.39, 0.29) is 37.3 Å². The summed E-state index contributed by atoms with van der Waals surface area (Å²) in [5.74, 6) is -1.18. The van der Waals surface area contributed by atoms with E-state index in [0.717, 1.165) is 22.3 Å². The molecule has 33 heavy (non-hydrogen) atoms. The second-order valence-corrected chi connectivity index (χ2v) is 9.39. The lowest BCUT2D eigenvalue weighted by atomic mass is 9.98. The number of amides is 2. The molecule has 2 amide bonds. The molecule has 0 radical (unpaired) electrons. The number of ether oxygens (including phenoxy) is 1. The van der Waals surface area contributed by atoms with Crippen molar-refractivity contribution < 1.29 is 24.2 Å². The first-order chi connectivity index (χ1) is 15.8. The number of aliphatic carboxylic acids is 1. The van der Waals surface area contributed by atoms with E-state index in [1.807, 2.05) is 38.1 Å². The van der Waals surface area contributed by atoms with E-state index in [4.69, 9.17) is 4.74 Å². The van der Waals surface area contributed by atoms with E-state index in [1.54, 1.807) is 0 Å². The van der Waals surface area contributed by atoms with Crippen LogP contribution in [-0.2, 0) is 14.3 Å². The van der Waals surface area contributed by atoms with E-state index in [9.17, 15) is 19.5 Å². The molecule has 0 bridgehead atoms. The normalized spacial score (nSPS) is 16.5. The summed E-state index contributed by atoms with van der Waals surface area (Å²) in [5, 5.41) is 14.8. The van der Waals surface area contributed by atoms with Crippen molar-refractivity contribution in [2.24, 2.45) is 11.3 Å². The van der Waals surface area contributed by atoms with Gasteiger partial charge in [-0.2, -0.15) is 0 Å². The highest BCUT2D eigenvalue weighted by Gasteiger charge is 2.50. The third kappa shape index (κ3) is 4.87. The predicted octanol–water partition coefficient (Wildman–Crippen LogP) is 3.92. The first-order valence-electron chi connectivity index (χ1n) is 11.4. The molecule has 0 unspecified atom stereocenters. The minimum absolute atomic E-state index is 0.00518. The van der Waals surface area contributed by atoms with Crippen LogP contribution in [0, 0.1) is 11.3 Å². The number of hydrogen-bond donors (Lipinski definition) is 3. The van der Waals surface area contributed by atoms with Gasteiger partial charge < -0.3 is 20.5 Å². The fourth-order valence-corrected chi connectivity index (χ4v) is 4.40. The van der Waals surface area contributed by atoms with Gasteiger partial charge in [0.2, 0.25) is 5.91 Å². The van der Waals surface area contributed by atoms with Crippen molar-refractivity contribution >= 4 is 18.0 Å². The van der Waals surface area contributed by atoms with Crippen LogP contribution in [0.4, 0.5) is 4.79 Å². The minimum Gasteiger partial charge on any atom is -0.481 e. The summed E-state index contributed by atoms with van der Waals surface area (Å²) in [5.41, 5.74) is 3.78. The van der Waals surface area contributed by atoms with Crippen LogP contribution in [0.1, 0.15) is 50.2 Å². The molecule has 0 aliphatic heterocycles. The van der Waals surface area contributed by atoms with Gasteiger partial charge in [0.25, 0.3) is 0 Å². The number of carboxylic acid groups (broad SMARTS) is 1. The molecule has 4 rings (SSSR count). The lowest BCUT2D eigenvalue weighted by Gasteiger charge is -2.23. The fraction of sp³-hybridized carbons (Fsp3) is 0.423. The maximum Gasteiger partial charge on any atom is 0.407 e.